The van der Waals surface area contributed by atoms with Gasteiger partial charge >= 0.3 is 0 Å². The van der Waals surface area contributed by atoms with Crippen LogP contribution in [0.1, 0.15) is 30.8 Å². The second-order valence-corrected chi connectivity index (χ2v) is 5.45. The van der Waals surface area contributed by atoms with Crippen LogP contribution in [-0.4, -0.2) is 29.0 Å². The van der Waals surface area contributed by atoms with Crippen molar-refractivity contribution >= 4 is 29.1 Å². The normalized spacial score (nSPS) is 11.7. The monoisotopic (exact) mass is 334 g/mol. The topological polar surface area (TPSA) is 76.1 Å². The van der Waals surface area contributed by atoms with Crippen LogP contribution in [0.4, 0.5) is 11.6 Å². The van der Waals surface area contributed by atoms with Gasteiger partial charge < -0.3 is 15.4 Å². The summed E-state index contributed by atoms with van der Waals surface area (Å²) in [6.45, 7) is 4.08. The fourth-order valence-corrected chi connectivity index (χ4v) is 2.01. The Balaban J connectivity index is 2.18. The molecule has 0 radical (unpaired) electrons. The van der Waals surface area contributed by atoms with Crippen LogP contribution in [0.25, 0.3) is 0 Å². The molecule has 1 heterocycles. The largest absolute Gasteiger partial charge is 0.495 e. The predicted molar refractivity (Wildman–Crippen MR) is 91.4 cm³/mol. The van der Waals surface area contributed by atoms with E-state index in [1.54, 1.807) is 30.5 Å². The average molecular weight is 335 g/mol. The number of nitrogens with zero attached hydrogens (tertiary/aromatic N) is 2. The lowest BCUT2D eigenvalue weighted by Gasteiger charge is -2.12. The number of amides is 1. The maximum absolute atomic E-state index is 12.4. The van der Waals surface area contributed by atoms with Crippen molar-refractivity contribution in [1.82, 2.24) is 9.97 Å². The molecule has 0 saturated heterocycles. The maximum atomic E-state index is 12.4. The van der Waals surface area contributed by atoms with Crippen LogP contribution in [0.5, 0.6) is 5.75 Å². The maximum Gasteiger partial charge on any atom is 0.274 e. The Hall–Kier alpha value is -2.34. The smallest absolute Gasteiger partial charge is 0.274 e. The number of hydrogen-bond donors (Lipinski definition) is 2. The Bertz CT molecular complexity index is 694. The first-order chi connectivity index (χ1) is 11.0. The Morgan fingerprint density at radius 1 is 1.39 bits per heavy atom. The number of aromatic nitrogens is 2. The van der Waals surface area contributed by atoms with Crippen molar-refractivity contribution in [1.29, 1.82) is 0 Å². The summed E-state index contributed by atoms with van der Waals surface area (Å²) in [4.78, 5) is 20.7. The number of benzene rings is 1. The predicted octanol–water partition coefficient (Wildman–Crippen LogP) is 3.60. The molecule has 1 unspecified atom stereocenters. The number of ether oxygens (including phenoxy) is 1. The number of halogens is 1. The van der Waals surface area contributed by atoms with Gasteiger partial charge in [0.25, 0.3) is 5.91 Å². The zero-order chi connectivity index (χ0) is 16.8. The van der Waals surface area contributed by atoms with E-state index < -0.39 is 0 Å². The Labute approximate surface area is 140 Å². The molecule has 0 aliphatic rings. The second-order valence-electron chi connectivity index (χ2n) is 5.02. The molecule has 0 aliphatic carbocycles. The fourth-order valence-electron chi connectivity index (χ4n) is 1.84. The molecule has 0 fully saturated rings. The molecular formula is C16H19ClN4O2. The van der Waals surface area contributed by atoms with Gasteiger partial charge in [0.1, 0.15) is 11.4 Å². The third-order valence-corrected chi connectivity index (χ3v) is 3.52. The van der Waals surface area contributed by atoms with E-state index in [9.17, 15) is 4.79 Å². The Kier molecular flexibility index (Phi) is 5.76. The minimum atomic E-state index is -0.361. The molecular weight excluding hydrogens is 316 g/mol. The molecule has 23 heavy (non-hydrogen) atoms. The minimum absolute atomic E-state index is 0.223. The van der Waals surface area contributed by atoms with E-state index in [1.807, 2.05) is 6.92 Å². The van der Waals surface area contributed by atoms with Crippen LogP contribution < -0.4 is 15.4 Å². The van der Waals surface area contributed by atoms with Crippen molar-refractivity contribution in [3.05, 3.63) is 41.2 Å². The van der Waals surface area contributed by atoms with Gasteiger partial charge in [-0.2, -0.15) is 0 Å². The summed E-state index contributed by atoms with van der Waals surface area (Å²) >= 11 is 5.96. The Morgan fingerprint density at radius 3 is 2.87 bits per heavy atom. The summed E-state index contributed by atoms with van der Waals surface area (Å²) in [6.07, 6.45) is 2.47. The molecule has 6 nitrogen and oxygen atoms in total. The third kappa shape index (κ3) is 4.56. The van der Waals surface area contributed by atoms with Crippen molar-refractivity contribution in [2.24, 2.45) is 0 Å². The van der Waals surface area contributed by atoms with Crippen LogP contribution in [0, 0.1) is 0 Å². The lowest BCUT2D eigenvalue weighted by molar-refractivity contribution is 0.102. The molecule has 2 rings (SSSR count). The van der Waals surface area contributed by atoms with Gasteiger partial charge in [0.05, 0.1) is 12.8 Å². The van der Waals surface area contributed by atoms with E-state index in [-0.39, 0.29) is 17.6 Å². The molecule has 2 N–H and O–H groups in total. The van der Waals surface area contributed by atoms with E-state index in [0.29, 0.717) is 22.4 Å². The number of hydrogen-bond acceptors (Lipinski definition) is 5. The van der Waals surface area contributed by atoms with Crippen LogP contribution in [0.15, 0.2) is 30.5 Å². The van der Waals surface area contributed by atoms with Gasteiger partial charge in [-0.25, -0.2) is 9.97 Å². The molecule has 1 amide bonds. The SMILES string of the molecule is CCC(C)Nc1nccc(C(=O)Nc2cc(Cl)ccc2OC)n1. The summed E-state index contributed by atoms with van der Waals surface area (Å²) < 4.78 is 5.21. The van der Waals surface area contributed by atoms with Crippen molar-refractivity contribution < 1.29 is 9.53 Å². The molecule has 0 bridgehead atoms. The molecule has 0 aliphatic heterocycles. The quantitative estimate of drug-likeness (QED) is 0.844. The summed E-state index contributed by atoms with van der Waals surface area (Å²) in [5, 5.41) is 6.38. The Morgan fingerprint density at radius 2 is 2.17 bits per heavy atom. The molecule has 2 aromatic rings. The molecule has 0 spiro atoms. The zero-order valence-electron chi connectivity index (χ0n) is 13.3. The number of rotatable bonds is 6. The number of anilines is 2. The highest BCUT2D eigenvalue weighted by Gasteiger charge is 2.13. The number of nitrogens with one attached hydrogen (secondary N) is 2. The van der Waals surface area contributed by atoms with E-state index in [2.05, 4.69) is 27.5 Å². The van der Waals surface area contributed by atoms with Crippen LogP contribution >= 0.6 is 11.6 Å². The molecule has 122 valence electrons. The zero-order valence-corrected chi connectivity index (χ0v) is 14.0. The minimum Gasteiger partial charge on any atom is -0.495 e. The van der Waals surface area contributed by atoms with E-state index in [1.165, 1.54) is 7.11 Å². The van der Waals surface area contributed by atoms with Crippen LogP contribution in [0.2, 0.25) is 5.02 Å². The summed E-state index contributed by atoms with van der Waals surface area (Å²) in [5.74, 6) is 0.583. The number of carbonyl (C=O) groups excluding carboxylic acids is 1. The fraction of sp³-hybridized carbons (Fsp3) is 0.312. The van der Waals surface area contributed by atoms with Gasteiger partial charge in [0.15, 0.2) is 0 Å². The first kappa shape index (κ1) is 17.0. The molecule has 1 aromatic heterocycles. The van der Waals surface area contributed by atoms with E-state index in [0.717, 1.165) is 6.42 Å². The highest BCUT2D eigenvalue weighted by molar-refractivity contribution is 6.31. The third-order valence-electron chi connectivity index (χ3n) is 3.29. The summed E-state index contributed by atoms with van der Waals surface area (Å²) in [7, 11) is 1.53. The van der Waals surface area contributed by atoms with Gasteiger partial charge in [-0.3, -0.25) is 4.79 Å². The van der Waals surface area contributed by atoms with Gasteiger partial charge in [0.2, 0.25) is 5.95 Å². The van der Waals surface area contributed by atoms with Gasteiger partial charge in [0, 0.05) is 17.3 Å². The van der Waals surface area contributed by atoms with E-state index >= 15 is 0 Å². The van der Waals surface area contributed by atoms with Crippen molar-refractivity contribution in [2.75, 3.05) is 17.7 Å². The first-order valence-corrected chi connectivity index (χ1v) is 7.65. The molecule has 1 atom stereocenters. The molecule has 7 heteroatoms. The molecule has 1 aromatic carbocycles. The van der Waals surface area contributed by atoms with Gasteiger partial charge in [-0.1, -0.05) is 18.5 Å². The van der Waals surface area contributed by atoms with Crippen LogP contribution in [0.3, 0.4) is 0 Å². The summed E-state index contributed by atoms with van der Waals surface area (Å²) in [6, 6.07) is 6.77. The average Bonchev–Trinajstić information content (AvgIpc) is 2.55. The second kappa shape index (κ2) is 7.78. The standard InChI is InChI=1S/C16H19ClN4O2/c1-4-10(2)19-16-18-8-7-12(21-16)15(22)20-13-9-11(17)5-6-14(13)23-3/h5-10H,4H2,1-3H3,(H,20,22)(H,18,19,21). The van der Waals surface area contributed by atoms with Crippen LogP contribution in [-0.2, 0) is 0 Å². The van der Waals surface area contributed by atoms with Gasteiger partial charge in [-0.15, -0.1) is 0 Å². The first-order valence-electron chi connectivity index (χ1n) is 7.28. The summed E-state index contributed by atoms with van der Waals surface area (Å²) in [5.41, 5.74) is 0.743. The number of methoxy groups -OCH3 is 1. The number of carbonyl (C=O) groups is 1. The van der Waals surface area contributed by atoms with E-state index in [4.69, 9.17) is 16.3 Å². The molecule has 0 saturated carbocycles. The van der Waals surface area contributed by atoms with Crippen molar-refractivity contribution in [3.63, 3.8) is 0 Å². The van der Waals surface area contributed by atoms with Crippen molar-refractivity contribution in [3.8, 4) is 5.75 Å². The lowest BCUT2D eigenvalue weighted by atomic mass is 10.2. The highest BCUT2D eigenvalue weighted by Crippen LogP contribution is 2.28. The lowest BCUT2D eigenvalue weighted by Crippen LogP contribution is -2.19. The van der Waals surface area contributed by atoms with Crippen molar-refractivity contribution in [2.45, 2.75) is 26.3 Å². The highest BCUT2D eigenvalue weighted by atomic mass is 35.5. The van der Waals surface area contributed by atoms with Gasteiger partial charge in [-0.05, 0) is 37.6 Å².